The van der Waals surface area contributed by atoms with Crippen LogP contribution in [0.25, 0.3) is 0 Å². The van der Waals surface area contributed by atoms with Gasteiger partial charge in [-0.2, -0.15) is 0 Å². The van der Waals surface area contributed by atoms with Crippen molar-refractivity contribution in [1.29, 1.82) is 0 Å². The van der Waals surface area contributed by atoms with E-state index < -0.39 is 39.2 Å². The zero-order chi connectivity index (χ0) is 14.8. The first-order valence-corrected chi connectivity index (χ1v) is 7.74. The predicted molar refractivity (Wildman–Crippen MR) is 70.1 cm³/mol. The third kappa shape index (κ3) is 3.95. The van der Waals surface area contributed by atoms with Gasteiger partial charge in [0.25, 0.3) is 0 Å². The quantitative estimate of drug-likeness (QED) is 0.847. The van der Waals surface area contributed by atoms with E-state index in [1.54, 1.807) is 13.8 Å². The molecule has 1 atom stereocenters. The fourth-order valence-electron chi connectivity index (χ4n) is 1.43. The Morgan fingerprint density at radius 1 is 1.37 bits per heavy atom. The summed E-state index contributed by atoms with van der Waals surface area (Å²) in [5, 5.41) is 9.10. The van der Waals surface area contributed by atoms with Crippen molar-refractivity contribution >= 4 is 26.0 Å². The van der Waals surface area contributed by atoms with Crippen molar-refractivity contribution in [3.8, 4) is 0 Å². The standard InChI is InChI=1S/C11H14BrF2NO3S/c1-6(2)10(5-16)15-19(17,18)11-8(12)3-7(13)4-9(11)14/h3-4,6,10,15-16H,5H2,1-2H3/t10-/m1/s1. The van der Waals surface area contributed by atoms with Gasteiger partial charge >= 0.3 is 0 Å². The van der Waals surface area contributed by atoms with Gasteiger partial charge in [0.2, 0.25) is 10.0 Å². The number of rotatable bonds is 5. The minimum Gasteiger partial charge on any atom is -0.395 e. The lowest BCUT2D eigenvalue weighted by Gasteiger charge is -2.20. The van der Waals surface area contributed by atoms with Crippen LogP contribution < -0.4 is 4.72 Å². The van der Waals surface area contributed by atoms with Crippen LogP contribution in [0.15, 0.2) is 21.5 Å². The summed E-state index contributed by atoms with van der Waals surface area (Å²) in [5.41, 5.74) is 0. The van der Waals surface area contributed by atoms with Crippen LogP contribution in [0, 0.1) is 17.6 Å². The molecule has 0 saturated carbocycles. The first-order chi connectivity index (χ1) is 8.69. The first kappa shape index (κ1) is 16.5. The van der Waals surface area contributed by atoms with Gasteiger partial charge in [0.15, 0.2) is 0 Å². The Kier molecular flexibility index (Phi) is 5.43. The maximum Gasteiger partial charge on any atom is 0.244 e. The maximum atomic E-state index is 13.6. The van der Waals surface area contributed by atoms with Gasteiger partial charge in [-0.1, -0.05) is 13.8 Å². The summed E-state index contributed by atoms with van der Waals surface area (Å²) < 4.78 is 52.6. The smallest absolute Gasteiger partial charge is 0.244 e. The Balaban J connectivity index is 3.21. The highest BCUT2D eigenvalue weighted by Crippen LogP contribution is 2.26. The molecule has 1 rings (SSSR count). The zero-order valence-electron chi connectivity index (χ0n) is 10.3. The third-order valence-corrected chi connectivity index (χ3v) is 4.99. The molecule has 0 aliphatic rings. The van der Waals surface area contributed by atoms with Gasteiger partial charge in [-0.3, -0.25) is 0 Å². The number of sulfonamides is 1. The molecule has 0 unspecified atom stereocenters. The molecule has 0 aromatic heterocycles. The molecule has 0 aliphatic carbocycles. The van der Waals surface area contributed by atoms with E-state index in [0.29, 0.717) is 6.07 Å². The second kappa shape index (κ2) is 6.25. The Morgan fingerprint density at radius 3 is 2.37 bits per heavy atom. The summed E-state index contributed by atoms with van der Waals surface area (Å²) in [6.45, 7) is 3.00. The Labute approximate surface area is 119 Å². The molecule has 2 N–H and O–H groups in total. The van der Waals surface area contributed by atoms with E-state index in [0.717, 1.165) is 6.07 Å². The molecule has 1 aromatic carbocycles. The second-order valence-electron chi connectivity index (χ2n) is 4.35. The number of nitrogens with one attached hydrogen (secondary N) is 1. The molecule has 0 radical (unpaired) electrons. The molecule has 0 bridgehead atoms. The summed E-state index contributed by atoms with van der Waals surface area (Å²) in [5.74, 6) is -2.26. The van der Waals surface area contributed by atoms with E-state index in [2.05, 4.69) is 20.7 Å². The first-order valence-electron chi connectivity index (χ1n) is 5.46. The van der Waals surface area contributed by atoms with Crippen LogP contribution in [0.5, 0.6) is 0 Å². The highest BCUT2D eigenvalue weighted by Gasteiger charge is 2.27. The van der Waals surface area contributed by atoms with Crippen LogP contribution in [0.1, 0.15) is 13.8 Å². The highest BCUT2D eigenvalue weighted by molar-refractivity contribution is 9.10. The molecule has 0 fully saturated rings. The Morgan fingerprint density at radius 2 is 1.95 bits per heavy atom. The maximum absolute atomic E-state index is 13.6. The van der Waals surface area contributed by atoms with Crippen LogP contribution in [-0.4, -0.2) is 26.2 Å². The van der Waals surface area contributed by atoms with Crippen LogP contribution in [0.3, 0.4) is 0 Å². The average Bonchev–Trinajstić information content (AvgIpc) is 2.23. The van der Waals surface area contributed by atoms with Crippen LogP contribution in [-0.2, 0) is 10.0 Å². The summed E-state index contributed by atoms with van der Waals surface area (Å²) in [6, 6.07) is 0.602. The fourth-order valence-corrected chi connectivity index (χ4v) is 3.97. The van der Waals surface area contributed by atoms with Gasteiger partial charge in [0, 0.05) is 16.6 Å². The molecule has 0 aliphatic heterocycles. The molecular formula is C11H14BrF2NO3S. The van der Waals surface area contributed by atoms with Crippen molar-refractivity contribution in [3.05, 3.63) is 28.2 Å². The predicted octanol–water partition coefficient (Wildman–Crippen LogP) is 2.02. The molecule has 0 amide bonds. The zero-order valence-corrected chi connectivity index (χ0v) is 12.7. The minimum absolute atomic E-state index is 0.179. The van der Waals surface area contributed by atoms with Crippen molar-refractivity contribution in [2.75, 3.05) is 6.61 Å². The molecule has 8 heteroatoms. The van der Waals surface area contributed by atoms with Gasteiger partial charge in [-0.15, -0.1) is 0 Å². The van der Waals surface area contributed by atoms with Crippen LogP contribution >= 0.6 is 15.9 Å². The second-order valence-corrected chi connectivity index (χ2v) is 6.86. The van der Waals surface area contributed by atoms with Gasteiger partial charge < -0.3 is 5.11 Å². The average molecular weight is 358 g/mol. The lowest BCUT2D eigenvalue weighted by molar-refractivity contribution is 0.227. The van der Waals surface area contributed by atoms with Gasteiger partial charge in [-0.25, -0.2) is 21.9 Å². The van der Waals surface area contributed by atoms with Gasteiger partial charge in [0.05, 0.1) is 6.61 Å². The van der Waals surface area contributed by atoms with Gasteiger partial charge in [0.1, 0.15) is 16.5 Å². The van der Waals surface area contributed by atoms with E-state index in [9.17, 15) is 17.2 Å². The fraction of sp³-hybridized carbons (Fsp3) is 0.455. The number of hydrogen-bond acceptors (Lipinski definition) is 3. The summed E-state index contributed by atoms with van der Waals surface area (Å²) >= 11 is 2.82. The highest BCUT2D eigenvalue weighted by atomic mass is 79.9. The van der Waals surface area contributed by atoms with Crippen LogP contribution in [0.2, 0.25) is 0 Å². The molecule has 0 saturated heterocycles. The van der Waals surface area contributed by atoms with Crippen molar-refractivity contribution in [2.24, 2.45) is 5.92 Å². The van der Waals surface area contributed by atoms with Crippen LogP contribution in [0.4, 0.5) is 8.78 Å². The minimum atomic E-state index is -4.19. The summed E-state index contributed by atoms with van der Waals surface area (Å²) in [6.07, 6.45) is 0. The lowest BCUT2D eigenvalue weighted by Crippen LogP contribution is -2.41. The van der Waals surface area contributed by atoms with E-state index in [4.69, 9.17) is 5.11 Å². The summed E-state index contributed by atoms with van der Waals surface area (Å²) in [4.78, 5) is -0.673. The van der Waals surface area contributed by atoms with E-state index in [1.807, 2.05) is 0 Å². The molecule has 19 heavy (non-hydrogen) atoms. The van der Waals surface area contributed by atoms with Crippen molar-refractivity contribution in [3.63, 3.8) is 0 Å². The van der Waals surface area contributed by atoms with E-state index in [1.165, 1.54) is 0 Å². The molecule has 4 nitrogen and oxygen atoms in total. The van der Waals surface area contributed by atoms with Gasteiger partial charge in [-0.05, 0) is 27.9 Å². The number of benzene rings is 1. The molecule has 108 valence electrons. The number of aliphatic hydroxyl groups is 1. The van der Waals surface area contributed by atoms with Crippen molar-refractivity contribution in [2.45, 2.75) is 24.8 Å². The van der Waals surface area contributed by atoms with Crippen molar-refractivity contribution in [1.82, 2.24) is 4.72 Å². The number of halogens is 3. The Hall–Kier alpha value is -0.570. The van der Waals surface area contributed by atoms with E-state index in [-0.39, 0.29) is 10.4 Å². The molecule has 1 aromatic rings. The molecular weight excluding hydrogens is 344 g/mol. The molecule has 0 heterocycles. The van der Waals surface area contributed by atoms with E-state index >= 15 is 0 Å². The molecule has 0 spiro atoms. The summed E-state index contributed by atoms with van der Waals surface area (Å²) in [7, 11) is -4.19. The normalized spacial score (nSPS) is 13.8. The number of aliphatic hydroxyl groups excluding tert-OH is 1. The number of hydrogen-bond donors (Lipinski definition) is 2. The largest absolute Gasteiger partial charge is 0.395 e. The SMILES string of the molecule is CC(C)[C@@H](CO)NS(=O)(=O)c1c(F)cc(F)cc1Br. The topological polar surface area (TPSA) is 66.4 Å². The monoisotopic (exact) mass is 357 g/mol. The Bertz CT molecular complexity index is 540. The lowest BCUT2D eigenvalue weighted by atomic mass is 10.1. The third-order valence-electron chi connectivity index (χ3n) is 2.54. The van der Waals surface area contributed by atoms with Crippen molar-refractivity contribution < 1.29 is 22.3 Å².